The van der Waals surface area contributed by atoms with E-state index in [1.807, 2.05) is 51.5 Å². The lowest BCUT2D eigenvalue weighted by Crippen LogP contribution is -2.31. The maximum Gasteiger partial charge on any atom is 0.278 e. The molecular weight excluding hydrogens is 427 g/mol. The first-order valence-electron chi connectivity index (χ1n) is 9.25. The highest BCUT2D eigenvalue weighted by Gasteiger charge is 2.30. The molecule has 5 nitrogen and oxygen atoms in total. The summed E-state index contributed by atoms with van der Waals surface area (Å²) in [6.07, 6.45) is 2.45. The Hall–Kier alpha value is -1.97. The number of hydrazone groups is 1. The van der Waals surface area contributed by atoms with Crippen molar-refractivity contribution in [3.63, 3.8) is 0 Å². The van der Waals surface area contributed by atoms with E-state index in [0.717, 1.165) is 33.1 Å². The quantitative estimate of drug-likeness (QED) is 0.563. The minimum absolute atomic E-state index is 0.282. The Morgan fingerprint density at radius 2 is 2.10 bits per heavy atom. The van der Waals surface area contributed by atoms with E-state index in [1.54, 1.807) is 16.3 Å². The number of amides is 1. The average Bonchev–Trinajstić information content (AvgIpc) is 3.34. The van der Waals surface area contributed by atoms with Gasteiger partial charge in [-0.05, 0) is 20.8 Å². The van der Waals surface area contributed by atoms with E-state index in [4.69, 9.17) is 0 Å². The average molecular weight is 453 g/mol. The fourth-order valence-electron chi connectivity index (χ4n) is 2.67. The van der Waals surface area contributed by atoms with Gasteiger partial charge in [0, 0.05) is 56.8 Å². The molecule has 0 saturated heterocycles. The summed E-state index contributed by atoms with van der Waals surface area (Å²) >= 11 is 3.17. The third-order valence-electron chi connectivity index (χ3n) is 4.15. The van der Waals surface area contributed by atoms with Crippen LogP contribution in [0.25, 0.3) is 5.70 Å². The normalized spacial score (nSPS) is 13.4. The second-order valence-corrected chi connectivity index (χ2v) is 8.45. The number of aromatic nitrogens is 1. The molecule has 3 rings (SSSR count). The van der Waals surface area contributed by atoms with E-state index in [2.05, 4.69) is 22.0 Å². The zero-order chi connectivity index (χ0) is 21.6. The molecule has 1 aliphatic rings. The van der Waals surface area contributed by atoms with E-state index in [0.29, 0.717) is 23.0 Å². The largest absolute Gasteiger partial charge is 0.296 e. The molecule has 2 aromatic heterocycles. The van der Waals surface area contributed by atoms with Crippen LogP contribution < -0.4 is 5.32 Å². The van der Waals surface area contributed by atoms with E-state index in [-0.39, 0.29) is 18.1 Å². The number of fused-ring (bicyclic) bond motifs is 1. The number of nitrogens with one attached hydrogen (secondary N) is 1. The van der Waals surface area contributed by atoms with E-state index in [1.165, 1.54) is 11.3 Å². The zero-order valence-electron chi connectivity index (χ0n) is 17.2. The molecule has 0 aliphatic carbocycles. The highest BCUT2D eigenvalue weighted by Crippen LogP contribution is 2.36. The second-order valence-electron chi connectivity index (χ2n) is 5.88. The Morgan fingerprint density at radius 1 is 1.38 bits per heavy atom. The first-order valence-corrected chi connectivity index (χ1v) is 11.9. The molecule has 1 N–H and O–H groups in total. The topological polar surface area (TPSA) is 57.6 Å². The summed E-state index contributed by atoms with van der Waals surface area (Å²) < 4.78 is 12.2. The van der Waals surface area contributed by atoms with Gasteiger partial charge in [-0.25, -0.2) is 9.99 Å². The maximum absolute atomic E-state index is 12.9. The van der Waals surface area contributed by atoms with Crippen LogP contribution in [0.2, 0.25) is 0 Å². The van der Waals surface area contributed by atoms with Gasteiger partial charge < -0.3 is 0 Å². The molecule has 0 fully saturated rings. The van der Waals surface area contributed by atoms with Crippen molar-refractivity contribution in [3.05, 3.63) is 50.8 Å². The molecule has 156 valence electrons. The lowest BCUT2D eigenvalue weighted by atomic mass is 10.0. The Labute approximate surface area is 183 Å². The van der Waals surface area contributed by atoms with Gasteiger partial charge in [-0.2, -0.15) is 8.99 Å². The van der Waals surface area contributed by atoms with Crippen LogP contribution in [0.15, 0.2) is 34.2 Å². The number of anilines is 1. The van der Waals surface area contributed by atoms with Crippen molar-refractivity contribution in [1.29, 1.82) is 0 Å². The molecule has 3 heterocycles. The van der Waals surface area contributed by atoms with Crippen LogP contribution in [0.1, 0.15) is 49.4 Å². The van der Waals surface area contributed by atoms with Crippen molar-refractivity contribution >= 4 is 57.3 Å². The van der Waals surface area contributed by atoms with Gasteiger partial charge in [-0.3, -0.25) is 10.1 Å². The number of aryl methyl sites for hydroxylation is 2. The Bertz CT molecular complexity index is 945. The molecule has 9 heteroatoms. The maximum atomic E-state index is 12.9. The van der Waals surface area contributed by atoms with Gasteiger partial charge in [-0.1, -0.05) is 26.5 Å². The smallest absolute Gasteiger partial charge is 0.278 e. The van der Waals surface area contributed by atoms with Gasteiger partial charge in [0.05, 0.1) is 11.4 Å². The van der Waals surface area contributed by atoms with Crippen LogP contribution in [-0.2, 0) is 11.2 Å². The number of hydrogen-bond donors (Lipinski definition) is 1. The second kappa shape index (κ2) is 10.7. The van der Waals surface area contributed by atoms with Crippen LogP contribution in [0, 0.1) is 6.92 Å². The number of rotatable bonds is 6. The Balaban J connectivity index is 0.00000145. The zero-order valence-corrected chi connectivity index (χ0v) is 19.7. The monoisotopic (exact) mass is 452 g/mol. The van der Waals surface area contributed by atoms with Crippen molar-refractivity contribution < 1.29 is 8.68 Å². The van der Waals surface area contributed by atoms with Crippen LogP contribution >= 0.6 is 34.8 Å². The minimum Gasteiger partial charge on any atom is -0.296 e. The van der Waals surface area contributed by atoms with E-state index in [9.17, 15) is 8.68 Å². The summed E-state index contributed by atoms with van der Waals surface area (Å²) in [5, 5.41) is 13.3. The molecule has 0 spiro atoms. The molecule has 1 aliphatic heterocycles. The molecule has 2 aromatic rings. The number of carbonyl (C=O) groups is 1. The van der Waals surface area contributed by atoms with Crippen molar-refractivity contribution in [3.8, 4) is 0 Å². The van der Waals surface area contributed by atoms with Gasteiger partial charge in [-0.15, -0.1) is 22.7 Å². The number of thiophene rings is 1. The fourth-order valence-corrected chi connectivity index (χ4v) is 4.56. The predicted octanol–water partition coefficient (Wildman–Crippen LogP) is 6.25. The molecule has 0 atom stereocenters. The van der Waals surface area contributed by atoms with Gasteiger partial charge in [0.1, 0.15) is 0 Å². The third kappa shape index (κ3) is 5.15. The summed E-state index contributed by atoms with van der Waals surface area (Å²) in [7, 11) is 0. The molecule has 0 unspecified atom stereocenters. The highest BCUT2D eigenvalue weighted by molar-refractivity contribution is 7.94. The fraction of sp³-hybridized carbons (Fsp3) is 0.350. The molecule has 0 bridgehead atoms. The Morgan fingerprint density at radius 3 is 2.76 bits per heavy atom. The van der Waals surface area contributed by atoms with Crippen LogP contribution in [0.5, 0.6) is 0 Å². The van der Waals surface area contributed by atoms with Gasteiger partial charge in [0.2, 0.25) is 0 Å². The number of thiazole rings is 1. The molecule has 0 aromatic carbocycles. The number of nitrogens with zero attached hydrogens (tertiary/aromatic N) is 3. The van der Waals surface area contributed by atoms with Gasteiger partial charge in [0.15, 0.2) is 10.8 Å². The lowest BCUT2D eigenvalue weighted by Gasteiger charge is -2.28. The van der Waals surface area contributed by atoms with Crippen molar-refractivity contribution in [2.75, 3.05) is 11.1 Å². The summed E-state index contributed by atoms with van der Waals surface area (Å²) in [4.78, 5) is 18.3. The summed E-state index contributed by atoms with van der Waals surface area (Å²) in [6, 6.07) is 0. The van der Waals surface area contributed by atoms with Crippen molar-refractivity contribution in [2.24, 2.45) is 5.10 Å². The van der Waals surface area contributed by atoms with Crippen molar-refractivity contribution in [2.45, 2.75) is 41.0 Å². The van der Waals surface area contributed by atoms with E-state index >= 15 is 0 Å². The molecule has 1 amide bonds. The number of hydrogen-bond acceptors (Lipinski definition) is 7. The number of allylic oxidation sites excluding steroid dienone is 2. The first kappa shape index (κ1) is 23.3. The standard InChI is InChI=1S/C18H19FN4OS3.C2H6/c1-5-10(2)23-11(3)15-12(4)25-9-14(15)16(22-23)17(24)21-18-20-13(8-26-18)6-7-27-19;1-2/h5,8-9H,3,6-7H2,1-2,4H3,(H,20,21,24);1-2H3/b10-5+;. The van der Waals surface area contributed by atoms with Crippen LogP contribution in [0.3, 0.4) is 0 Å². The Kier molecular flexibility index (Phi) is 8.60. The minimum atomic E-state index is -0.323. The van der Waals surface area contributed by atoms with Gasteiger partial charge >= 0.3 is 0 Å². The predicted molar refractivity (Wildman–Crippen MR) is 125 cm³/mol. The van der Waals surface area contributed by atoms with Crippen LogP contribution in [-0.4, -0.2) is 27.4 Å². The molecule has 0 radical (unpaired) electrons. The summed E-state index contributed by atoms with van der Waals surface area (Å²) in [6.45, 7) is 14.0. The lowest BCUT2D eigenvalue weighted by molar-refractivity contribution is -0.110. The SMILES string of the molecule is C=C1c2c(csc2C)C(C(=O)Nc2nc(CCSF)cs2)=NN1/C(C)=C/C.CC. The molecule has 0 saturated carbocycles. The summed E-state index contributed by atoms with van der Waals surface area (Å²) in [5.41, 5.74) is 4.47. The molecular formula is C20H25FN4OS3. The number of carbonyl (C=O) groups excluding carboxylic acids is 1. The van der Waals surface area contributed by atoms with Gasteiger partial charge in [0.25, 0.3) is 5.91 Å². The summed E-state index contributed by atoms with van der Waals surface area (Å²) in [5.74, 6) is 0.0253. The van der Waals surface area contributed by atoms with Crippen LogP contribution in [0.4, 0.5) is 9.02 Å². The third-order valence-corrected chi connectivity index (χ3v) is 6.23. The van der Waals surface area contributed by atoms with Crippen molar-refractivity contribution in [1.82, 2.24) is 9.99 Å². The van der Waals surface area contributed by atoms with E-state index < -0.39 is 0 Å². The number of halogens is 1. The molecule has 29 heavy (non-hydrogen) atoms. The first-order chi connectivity index (χ1) is 14.0. The highest BCUT2D eigenvalue weighted by atomic mass is 32.2.